The number of rotatable bonds is 1. The fourth-order valence-electron chi connectivity index (χ4n) is 0.784. The highest BCUT2D eigenvalue weighted by atomic mass is 16.6. The van der Waals surface area contributed by atoms with Gasteiger partial charge in [0.05, 0.1) is 26.4 Å². The second-order valence-corrected chi connectivity index (χ2v) is 2.33. The van der Waals surface area contributed by atoms with Crippen molar-refractivity contribution in [2.24, 2.45) is 0 Å². The van der Waals surface area contributed by atoms with Crippen molar-refractivity contribution in [3.05, 3.63) is 0 Å². The Morgan fingerprint density at radius 2 is 2.10 bits per heavy atom. The Labute approximate surface area is 59.4 Å². The minimum atomic E-state index is -0.545. The monoisotopic (exact) mass is 148 g/mol. The summed E-state index contributed by atoms with van der Waals surface area (Å²) >= 11 is 0. The van der Waals surface area contributed by atoms with Crippen molar-refractivity contribution in [1.82, 2.24) is 0 Å². The zero-order valence-electron chi connectivity index (χ0n) is 5.69. The van der Waals surface area contributed by atoms with Crippen molar-refractivity contribution >= 4 is 0 Å². The normalized spacial score (nSPS) is 35.4. The maximum atomic E-state index is 8.97. The molecule has 1 aliphatic heterocycles. The van der Waals surface area contributed by atoms with E-state index < -0.39 is 6.10 Å². The third-order valence-electron chi connectivity index (χ3n) is 1.34. The average Bonchev–Trinajstić information content (AvgIpc) is 2.14. The van der Waals surface area contributed by atoms with E-state index in [-0.39, 0.29) is 19.3 Å². The van der Waals surface area contributed by atoms with Gasteiger partial charge < -0.3 is 19.7 Å². The molecule has 60 valence electrons. The van der Waals surface area contributed by atoms with E-state index in [1.54, 1.807) is 0 Å². The molecule has 0 spiro atoms. The smallest absolute Gasteiger partial charge is 0.104 e. The predicted octanol–water partition coefficient (Wildman–Crippen LogP) is -1.24. The van der Waals surface area contributed by atoms with Crippen LogP contribution in [0.15, 0.2) is 0 Å². The molecule has 1 aliphatic rings. The predicted molar refractivity (Wildman–Crippen MR) is 33.7 cm³/mol. The molecule has 1 heterocycles. The third kappa shape index (κ3) is 2.22. The zero-order chi connectivity index (χ0) is 7.40. The lowest BCUT2D eigenvalue weighted by molar-refractivity contribution is -0.0169. The highest BCUT2D eigenvalue weighted by Gasteiger charge is 2.16. The van der Waals surface area contributed by atoms with Gasteiger partial charge in [0, 0.05) is 0 Å². The van der Waals surface area contributed by atoms with Crippen molar-refractivity contribution in [2.75, 3.05) is 26.4 Å². The summed E-state index contributed by atoms with van der Waals surface area (Å²) in [5.74, 6) is 0. The van der Waals surface area contributed by atoms with Gasteiger partial charge >= 0.3 is 0 Å². The molecule has 0 bridgehead atoms. The molecule has 1 fully saturated rings. The summed E-state index contributed by atoms with van der Waals surface area (Å²) in [7, 11) is 0. The van der Waals surface area contributed by atoms with Crippen LogP contribution in [0.5, 0.6) is 0 Å². The van der Waals surface area contributed by atoms with Crippen molar-refractivity contribution < 1.29 is 19.7 Å². The maximum absolute atomic E-state index is 8.97. The number of hydrogen-bond donors (Lipinski definition) is 2. The van der Waals surface area contributed by atoms with Crippen LogP contribution in [0, 0.1) is 0 Å². The lowest BCUT2D eigenvalue weighted by atomic mass is 10.4. The maximum Gasteiger partial charge on any atom is 0.104 e. The van der Waals surface area contributed by atoms with Gasteiger partial charge in [-0.15, -0.1) is 0 Å². The van der Waals surface area contributed by atoms with Gasteiger partial charge in [-0.05, 0) is 0 Å². The van der Waals surface area contributed by atoms with E-state index in [1.165, 1.54) is 0 Å². The molecule has 2 N–H and O–H groups in total. The largest absolute Gasteiger partial charge is 0.394 e. The molecule has 2 atom stereocenters. The van der Waals surface area contributed by atoms with Crippen LogP contribution in [-0.2, 0) is 9.47 Å². The molecule has 0 aromatic heterocycles. The van der Waals surface area contributed by atoms with Crippen LogP contribution in [0.25, 0.3) is 0 Å². The van der Waals surface area contributed by atoms with E-state index in [0.717, 1.165) is 0 Å². The average molecular weight is 148 g/mol. The minimum Gasteiger partial charge on any atom is -0.394 e. The molecule has 10 heavy (non-hydrogen) atoms. The molecule has 0 saturated carbocycles. The van der Waals surface area contributed by atoms with Crippen molar-refractivity contribution in [3.63, 3.8) is 0 Å². The lowest BCUT2D eigenvalue weighted by Crippen LogP contribution is -2.22. The summed E-state index contributed by atoms with van der Waals surface area (Å²) < 4.78 is 10.0. The van der Waals surface area contributed by atoms with Crippen LogP contribution in [0.2, 0.25) is 0 Å². The van der Waals surface area contributed by atoms with Gasteiger partial charge in [0.1, 0.15) is 12.2 Å². The van der Waals surface area contributed by atoms with Crippen LogP contribution >= 0.6 is 0 Å². The Kier molecular flexibility index (Phi) is 3.08. The molecule has 1 saturated heterocycles. The fourth-order valence-corrected chi connectivity index (χ4v) is 0.784. The number of aliphatic hydroxyl groups excluding tert-OH is 2. The summed E-state index contributed by atoms with van der Waals surface area (Å²) in [5, 5.41) is 17.6. The quantitative estimate of drug-likeness (QED) is 0.488. The van der Waals surface area contributed by atoms with Gasteiger partial charge in [-0.1, -0.05) is 0 Å². The van der Waals surface area contributed by atoms with Crippen LogP contribution in [0.1, 0.15) is 0 Å². The van der Waals surface area contributed by atoms with Crippen molar-refractivity contribution in [2.45, 2.75) is 12.2 Å². The van der Waals surface area contributed by atoms with E-state index in [4.69, 9.17) is 19.7 Å². The molecule has 4 nitrogen and oxygen atoms in total. The second kappa shape index (κ2) is 3.88. The number of hydrogen-bond acceptors (Lipinski definition) is 4. The number of aliphatic hydroxyl groups is 2. The molecule has 2 unspecified atom stereocenters. The van der Waals surface area contributed by atoms with E-state index >= 15 is 0 Å². The van der Waals surface area contributed by atoms with Gasteiger partial charge in [-0.3, -0.25) is 0 Å². The molecule has 0 amide bonds. The summed E-state index contributed by atoms with van der Waals surface area (Å²) in [6.45, 7) is 0.877. The molecule has 0 aromatic rings. The second-order valence-electron chi connectivity index (χ2n) is 2.33. The zero-order valence-corrected chi connectivity index (χ0v) is 5.69. The number of ether oxygens (including phenoxy) is 2. The first-order chi connectivity index (χ1) is 4.83. The first-order valence-electron chi connectivity index (χ1n) is 3.31. The van der Waals surface area contributed by atoms with Gasteiger partial charge in [0.25, 0.3) is 0 Å². The lowest BCUT2D eigenvalue weighted by Gasteiger charge is -2.09. The molecule has 0 aromatic carbocycles. The van der Waals surface area contributed by atoms with E-state index in [2.05, 4.69) is 0 Å². The molecular weight excluding hydrogens is 136 g/mol. The standard InChI is InChI=1S/C6H12O4/c7-1-6-4-9-2-5(8)3-10-6/h5-8H,1-4H2. The van der Waals surface area contributed by atoms with Gasteiger partial charge in [-0.2, -0.15) is 0 Å². The van der Waals surface area contributed by atoms with Gasteiger partial charge in [0.2, 0.25) is 0 Å². The van der Waals surface area contributed by atoms with Crippen LogP contribution in [0.3, 0.4) is 0 Å². The van der Waals surface area contributed by atoms with E-state index in [0.29, 0.717) is 13.2 Å². The molecular formula is C6H12O4. The summed E-state index contributed by atoms with van der Waals surface area (Å²) in [4.78, 5) is 0. The summed E-state index contributed by atoms with van der Waals surface area (Å²) in [6, 6.07) is 0. The Hall–Kier alpha value is -0.160. The Morgan fingerprint density at radius 1 is 1.30 bits per heavy atom. The van der Waals surface area contributed by atoms with Gasteiger partial charge in [0.15, 0.2) is 0 Å². The first kappa shape index (κ1) is 7.94. The van der Waals surface area contributed by atoms with Crippen LogP contribution in [0.4, 0.5) is 0 Å². The molecule has 4 heteroatoms. The highest BCUT2D eigenvalue weighted by Crippen LogP contribution is 2.00. The molecule has 0 radical (unpaired) electrons. The molecule has 1 rings (SSSR count). The SMILES string of the molecule is OCC1COCC(O)CO1. The minimum absolute atomic E-state index is 0.0489. The van der Waals surface area contributed by atoms with Crippen molar-refractivity contribution in [1.29, 1.82) is 0 Å². The molecule has 0 aliphatic carbocycles. The Bertz CT molecular complexity index is 95.7. The van der Waals surface area contributed by atoms with Gasteiger partial charge in [-0.25, -0.2) is 0 Å². The highest BCUT2D eigenvalue weighted by molar-refractivity contribution is 4.62. The Balaban J connectivity index is 2.26. The fraction of sp³-hybridized carbons (Fsp3) is 1.00. The topological polar surface area (TPSA) is 58.9 Å². The summed E-state index contributed by atoms with van der Waals surface area (Å²) in [6.07, 6.45) is -0.811. The van der Waals surface area contributed by atoms with Crippen LogP contribution in [-0.4, -0.2) is 48.8 Å². The van der Waals surface area contributed by atoms with E-state index in [9.17, 15) is 0 Å². The third-order valence-corrected chi connectivity index (χ3v) is 1.34. The van der Waals surface area contributed by atoms with Crippen molar-refractivity contribution in [3.8, 4) is 0 Å². The first-order valence-corrected chi connectivity index (χ1v) is 3.31. The Morgan fingerprint density at radius 3 is 2.80 bits per heavy atom. The summed E-state index contributed by atoms with van der Waals surface area (Å²) in [5.41, 5.74) is 0. The van der Waals surface area contributed by atoms with Crippen LogP contribution < -0.4 is 0 Å². The van der Waals surface area contributed by atoms with E-state index in [1.807, 2.05) is 0 Å².